The monoisotopic (exact) mass is 304 g/mol. The van der Waals surface area contributed by atoms with Gasteiger partial charge in [0.15, 0.2) is 0 Å². The van der Waals surface area contributed by atoms with Crippen molar-refractivity contribution in [1.82, 2.24) is 14.8 Å². The molecule has 2 aromatic heterocycles. The van der Waals surface area contributed by atoms with E-state index in [1.807, 2.05) is 12.1 Å². The standard InChI is InChI=1S/C16H21ClN4/c17-12-6-7-16(19-11-12)15(18)10-13-8-9-21(20-13)14-4-2-1-3-5-14/h6-9,11,14-15H,1-5,10,18H2. The van der Waals surface area contributed by atoms with Crippen molar-refractivity contribution in [2.75, 3.05) is 0 Å². The summed E-state index contributed by atoms with van der Waals surface area (Å²) in [5, 5.41) is 5.33. The van der Waals surface area contributed by atoms with Gasteiger partial charge in [0, 0.05) is 18.8 Å². The molecule has 4 nitrogen and oxygen atoms in total. The normalized spacial score (nSPS) is 17.8. The Hall–Kier alpha value is -1.39. The lowest BCUT2D eigenvalue weighted by Gasteiger charge is -2.21. The molecular formula is C16H21ClN4. The van der Waals surface area contributed by atoms with Crippen LogP contribution in [0.4, 0.5) is 0 Å². The molecule has 1 aliphatic carbocycles. The van der Waals surface area contributed by atoms with Gasteiger partial charge in [-0.2, -0.15) is 5.10 Å². The first kappa shape index (κ1) is 14.5. The maximum Gasteiger partial charge on any atom is 0.0644 e. The Balaban J connectivity index is 1.64. The van der Waals surface area contributed by atoms with Crippen LogP contribution in [0.3, 0.4) is 0 Å². The third kappa shape index (κ3) is 3.63. The number of rotatable bonds is 4. The number of hydrogen-bond donors (Lipinski definition) is 1. The van der Waals surface area contributed by atoms with Crippen LogP contribution in [-0.2, 0) is 6.42 Å². The average molecular weight is 305 g/mol. The summed E-state index contributed by atoms with van der Waals surface area (Å²) in [5.41, 5.74) is 8.10. The second-order valence-corrected chi connectivity index (χ2v) is 6.23. The third-order valence-electron chi connectivity index (χ3n) is 4.17. The van der Waals surface area contributed by atoms with Gasteiger partial charge >= 0.3 is 0 Å². The highest BCUT2D eigenvalue weighted by Gasteiger charge is 2.17. The van der Waals surface area contributed by atoms with Gasteiger partial charge in [-0.1, -0.05) is 30.9 Å². The topological polar surface area (TPSA) is 56.7 Å². The molecule has 112 valence electrons. The minimum Gasteiger partial charge on any atom is -0.322 e. The van der Waals surface area contributed by atoms with Gasteiger partial charge in [-0.15, -0.1) is 0 Å². The third-order valence-corrected chi connectivity index (χ3v) is 4.40. The van der Waals surface area contributed by atoms with Crippen LogP contribution < -0.4 is 5.73 Å². The van der Waals surface area contributed by atoms with Gasteiger partial charge in [0.05, 0.1) is 28.5 Å². The van der Waals surface area contributed by atoms with Crippen molar-refractivity contribution in [3.63, 3.8) is 0 Å². The van der Waals surface area contributed by atoms with Gasteiger partial charge < -0.3 is 5.73 Å². The van der Waals surface area contributed by atoms with E-state index in [0.29, 0.717) is 17.5 Å². The van der Waals surface area contributed by atoms with Crippen molar-refractivity contribution in [1.29, 1.82) is 0 Å². The number of aromatic nitrogens is 3. The molecule has 0 radical (unpaired) electrons. The lowest BCUT2D eigenvalue weighted by atomic mass is 9.96. The van der Waals surface area contributed by atoms with Gasteiger partial charge in [-0.25, -0.2) is 0 Å². The number of nitrogens with zero attached hydrogens (tertiary/aromatic N) is 3. The van der Waals surface area contributed by atoms with Gasteiger partial charge in [0.25, 0.3) is 0 Å². The van der Waals surface area contributed by atoms with E-state index >= 15 is 0 Å². The van der Waals surface area contributed by atoms with Crippen molar-refractivity contribution in [2.45, 2.75) is 50.6 Å². The van der Waals surface area contributed by atoms with Crippen LogP contribution in [0, 0.1) is 0 Å². The smallest absolute Gasteiger partial charge is 0.0644 e. The number of nitrogens with two attached hydrogens (primary N) is 1. The van der Waals surface area contributed by atoms with Crippen LogP contribution >= 0.6 is 11.6 Å². The largest absolute Gasteiger partial charge is 0.322 e. The molecule has 0 aromatic carbocycles. The Bertz CT molecular complexity index is 572. The Kier molecular flexibility index (Phi) is 4.56. The van der Waals surface area contributed by atoms with Crippen molar-refractivity contribution < 1.29 is 0 Å². The molecule has 0 aliphatic heterocycles. The maximum absolute atomic E-state index is 6.21. The fourth-order valence-corrected chi connectivity index (χ4v) is 3.08. The summed E-state index contributed by atoms with van der Waals surface area (Å²) < 4.78 is 2.12. The molecule has 2 aromatic rings. The van der Waals surface area contributed by atoms with E-state index in [-0.39, 0.29) is 6.04 Å². The van der Waals surface area contributed by atoms with Crippen LogP contribution in [0.15, 0.2) is 30.6 Å². The van der Waals surface area contributed by atoms with E-state index in [1.165, 1.54) is 32.1 Å². The molecule has 1 atom stereocenters. The second-order valence-electron chi connectivity index (χ2n) is 5.79. The Morgan fingerprint density at radius 1 is 1.24 bits per heavy atom. The summed E-state index contributed by atoms with van der Waals surface area (Å²) in [6, 6.07) is 6.20. The van der Waals surface area contributed by atoms with E-state index < -0.39 is 0 Å². The van der Waals surface area contributed by atoms with E-state index in [1.54, 1.807) is 6.20 Å². The molecule has 1 unspecified atom stereocenters. The Morgan fingerprint density at radius 2 is 2.05 bits per heavy atom. The summed E-state index contributed by atoms with van der Waals surface area (Å²) in [5.74, 6) is 0. The summed E-state index contributed by atoms with van der Waals surface area (Å²) in [6.45, 7) is 0. The summed E-state index contributed by atoms with van der Waals surface area (Å²) in [6.07, 6.45) is 10.9. The van der Waals surface area contributed by atoms with Gasteiger partial charge in [0.1, 0.15) is 0 Å². The highest BCUT2D eigenvalue weighted by atomic mass is 35.5. The molecule has 2 heterocycles. The van der Waals surface area contributed by atoms with E-state index in [4.69, 9.17) is 22.4 Å². The predicted octanol–water partition coefficient (Wildman–Crippen LogP) is 3.68. The quantitative estimate of drug-likeness (QED) is 0.937. The van der Waals surface area contributed by atoms with E-state index in [0.717, 1.165) is 11.4 Å². The average Bonchev–Trinajstić information content (AvgIpc) is 2.97. The minimum atomic E-state index is -0.142. The van der Waals surface area contributed by atoms with Gasteiger partial charge in [-0.05, 0) is 31.0 Å². The lowest BCUT2D eigenvalue weighted by molar-refractivity contribution is 0.328. The van der Waals surface area contributed by atoms with Crippen LogP contribution in [0.5, 0.6) is 0 Å². The molecule has 0 amide bonds. The van der Waals surface area contributed by atoms with E-state index in [2.05, 4.69) is 21.9 Å². The highest BCUT2D eigenvalue weighted by molar-refractivity contribution is 6.30. The van der Waals surface area contributed by atoms with Gasteiger partial charge in [0.2, 0.25) is 0 Å². The zero-order chi connectivity index (χ0) is 14.7. The zero-order valence-electron chi connectivity index (χ0n) is 12.1. The zero-order valence-corrected chi connectivity index (χ0v) is 12.8. The first-order valence-electron chi connectivity index (χ1n) is 7.63. The molecule has 3 rings (SSSR count). The Labute approximate surface area is 130 Å². The molecular weight excluding hydrogens is 284 g/mol. The molecule has 1 fully saturated rings. The SMILES string of the molecule is NC(Cc1ccn(C2CCCCC2)n1)c1ccc(Cl)cn1. The molecule has 21 heavy (non-hydrogen) atoms. The molecule has 0 bridgehead atoms. The number of hydrogen-bond acceptors (Lipinski definition) is 3. The summed E-state index contributed by atoms with van der Waals surface area (Å²) >= 11 is 5.85. The molecule has 5 heteroatoms. The van der Waals surface area contributed by atoms with Crippen molar-refractivity contribution in [3.8, 4) is 0 Å². The fraction of sp³-hybridized carbons (Fsp3) is 0.500. The molecule has 0 spiro atoms. The molecule has 0 saturated heterocycles. The number of halogens is 1. The summed E-state index contributed by atoms with van der Waals surface area (Å²) in [4.78, 5) is 4.28. The lowest BCUT2D eigenvalue weighted by Crippen LogP contribution is -2.16. The van der Waals surface area contributed by atoms with E-state index in [9.17, 15) is 0 Å². The maximum atomic E-state index is 6.21. The summed E-state index contributed by atoms with van der Waals surface area (Å²) in [7, 11) is 0. The minimum absolute atomic E-state index is 0.142. The van der Waals surface area contributed by atoms with Crippen molar-refractivity contribution in [2.24, 2.45) is 5.73 Å². The molecule has 1 aliphatic rings. The van der Waals surface area contributed by atoms with Crippen LogP contribution in [0.1, 0.15) is 55.6 Å². The van der Waals surface area contributed by atoms with Gasteiger partial charge in [-0.3, -0.25) is 9.67 Å². The number of pyridine rings is 1. The van der Waals surface area contributed by atoms with Crippen LogP contribution in [0.25, 0.3) is 0 Å². The molecule has 1 saturated carbocycles. The first-order valence-corrected chi connectivity index (χ1v) is 8.01. The fourth-order valence-electron chi connectivity index (χ4n) is 2.97. The molecule has 2 N–H and O–H groups in total. The van der Waals surface area contributed by atoms with Crippen LogP contribution in [0.2, 0.25) is 5.02 Å². The Morgan fingerprint density at radius 3 is 2.76 bits per heavy atom. The van der Waals surface area contributed by atoms with Crippen molar-refractivity contribution >= 4 is 11.6 Å². The second kappa shape index (κ2) is 6.58. The predicted molar refractivity (Wildman–Crippen MR) is 84.2 cm³/mol. The van der Waals surface area contributed by atoms with Crippen LogP contribution in [-0.4, -0.2) is 14.8 Å². The van der Waals surface area contributed by atoms with Crippen molar-refractivity contribution in [3.05, 3.63) is 47.0 Å². The first-order chi connectivity index (χ1) is 10.2. The highest BCUT2D eigenvalue weighted by Crippen LogP contribution is 2.27.